The van der Waals surface area contributed by atoms with Gasteiger partial charge in [-0.1, -0.05) is 32.0 Å². The maximum absolute atomic E-state index is 12.4. The molecule has 2 unspecified atom stereocenters. The number of nitrogens with one attached hydrogen (secondary N) is 1. The lowest BCUT2D eigenvalue weighted by atomic mass is 9.96. The largest absolute Gasteiger partial charge is 0.241 e. The van der Waals surface area contributed by atoms with Crippen LogP contribution in [0.1, 0.15) is 44.6 Å². The predicted molar refractivity (Wildman–Crippen MR) is 78.1 cm³/mol. The average molecular weight is 302 g/mol. The van der Waals surface area contributed by atoms with Gasteiger partial charge in [0.1, 0.15) is 0 Å². The lowest BCUT2D eigenvalue weighted by Crippen LogP contribution is -2.27. The van der Waals surface area contributed by atoms with E-state index in [1.54, 1.807) is 12.1 Å². The molecule has 2 rings (SSSR count). The Kier molecular flexibility index (Phi) is 4.54. The van der Waals surface area contributed by atoms with E-state index in [9.17, 15) is 8.42 Å². The maximum atomic E-state index is 12.4. The highest BCUT2D eigenvalue weighted by Gasteiger charge is 2.30. The molecular formula is C14H20ClNO2S. The summed E-state index contributed by atoms with van der Waals surface area (Å²) in [5.74, 6) is 0.0126. The predicted octanol–water partition coefficient (Wildman–Crippen LogP) is 3.25. The Morgan fingerprint density at radius 2 is 2.00 bits per heavy atom. The Morgan fingerprint density at radius 3 is 2.58 bits per heavy atom. The molecule has 1 fully saturated rings. The zero-order chi connectivity index (χ0) is 14.0. The van der Waals surface area contributed by atoms with Crippen molar-refractivity contribution in [1.82, 2.24) is 4.72 Å². The Labute approximate surface area is 120 Å². The van der Waals surface area contributed by atoms with E-state index in [2.05, 4.69) is 4.72 Å². The lowest BCUT2D eigenvalue weighted by molar-refractivity contribution is 0.576. The van der Waals surface area contributed by atoms with Gasteiger partial charge < -0.3 is 0 Å². The summed E-state index contributed by atoms with van der Waals surface area (Å²) >= 11 is 6.28. The number of hydrogen-bond acceptors (Lipinski definition) is 2. The van der Waals surface area contributed by atoms with Gasteiger partial charge in [0.15, 0.2) is 0 Å². The van der Waals surface area contributed by atoms with Gasteiger partial charge in [-0.25, -0.2) is 13.1 Å². The highest BCUT2D eigenvalue weighted by atomic mass is 35.5. The van der Waals surface area contributed by atoms with Crippen molar-refractivity contribution in [2.45, 2.75) is 55.3 Å². The summed E-state index contributed by atoms with van der Waals surface area (Å²) in [6, 6.07) is 7.26. The van der Waals surface area contributed by atoms with Crippen molar-refractivity contribution in [2.75, 3.05) is 0 Å². The Hall–Kier alpha value is -0.580. The van der Waals surface area contributed by atoms with E-state index in [-0.39, 0.29) is 17.3 Å². The first-order chi connectivity index (χ1) is 8.95. The summed E-state index contributed by atoms with van der Waals surface area (Å²) in [6.45, 7) is 3.99. The third kappa shape index (κ3) is 3.50. The summed E-state index contributed by atoms with van der Waals surface area (Å²) in [5, 5.41) is -0.0581. The molecule has 0 spiro atoms. The Morgan fingerprint density at radius 1 is 1.37 bits per heavy atom. The molecule has 0 saturated heterocycles. The standard InChI is InChI=1S/C14H20ClNO2S/c1-3-13(15)10(2)12-6-4-5-7-14(12)19(17,18)16-11-8-9-11/h4-7,10-11,13,16H,3,8-9H2,1-2H3. The minimum atomic E-state index is -3.42. The van der Waals surface area contributed by atoms with Gasteiger partial charge in [-0.05, 0) is 36.8 Å². The molecule has 0 heterocycles. The minimum Gasteiger partial charge on any atom is -0.208 e. The van der Waals surface area contributed by atoms with Gasteiger partial charge in [0, 0.05) is 11.4 Å². The Bertz CT molecular complexity index is 540. The minimum absolute atomic E-state index is 0.0126. The summed E-state index contributed by atoms with van der Waals surface area (Å²) < 4.78 is 27.5. The van der Waals surface area contributed by atoms with Crippen LogP contribution in [0.3, 0.4) is 0 Å². The SMILES string of the molecule is CCC(Cl)C(C)c1ccccc1S(=O)(=O)NC1CC1. The molecule has 3 nitrogen and oxygen atoms in total. The van der Waals surface area contributed by atoms with Gasteiger partial charge in [-0.3, -0.25) is 0 Å². The van der Waals surface area contributed by atoms with E-state index in [1.807, 2.05) is 26.0 Å². The molecule has 19 heavy (non-hydrogen) atoms. The van der Waals surface area contributed by atoms with Crippen LogP contribution in [0.5, 0.6) is 0 Å². The second-order valence-electron chi connectivity index (χ2n) is 5.15. The molecule has 1 aromatic rings. The van der Waals surface area contributed by atoms with Crippen molar-refractivity contribution in [3.8, 4) is 0 Å². The van der Waals surface area contributed by atoms with Crippen LogP contribution >= 0.6 is 11.6 Å². The number of benzene rings is 1. The molecule has 1 aromatic carbocycles. The smallest absolute Gasteiger partial charge is 0.208 e. The van der Waals surface area contributed by atoms with Crippen LogP contribution in [0.25, 0.3) is 0 Å². The molecule has 0 radical (unpaired) electrons. The number of halogens is 1. The summed E-state index contributed by atoms with van der Waals surface area (Å²) in [5.41, 5.74) is 0.803. The van der Waals surface area contributed by atoms with Crippen LogP contribution in [0.15, 0.2) is 29.2 Å². The van der Waals surface area contributed by atoms with Crippen molar-refractivity contribution < 1.29 is 8.42 Å². The van der Waals surface area contributed by atoms with Crippen molar-refractivity contribution in [3.63, 3.8) is 0 Å². The average Bonchev–Trinajstić information content (AvgIpc) is 3.20. The van der Waals surface area contributed by atoms with E-state index in [0.29, 0.717) is 4.90 Å². The van der Waals surface area contributed by atoms with Crippen LogP contribution in [-0.4, -0.2) is 19.8 Å². The number of sulfonamides is 1. The van der Waals surface area contributed by atoms with Crippen LogP contribution in [-0.2, 0) is 10.0 Å². The van der Waals surface area contributed by atoms with Gasteiger partial charge in [-0.15, -0.1) is 11.6 Å². The quantitative estimate of drug-likeness (QED) is 0.820. The fourth-order valence-electron chi connectivity index (χ4n) is 2.13. The van der Waals surface area contributed by atoms with Gasteiger partial charge in [0.25, 0.3) is 0 Å². The summed E-state index contributed by atoms with van der Waals surface area (Å²) in [4.78, 5) is 0.369. The maximum Gasteiger partial charge on any atom is 0.241 e. The molecule has 2 atom stereocenters. The molecule has 5 heteroatoms. The normalized spacial score (nSPS) is 19.1. The Balaban J connectivity index is 2.34. The van der Waals surface area contributed by atoms with E-state index >= 15 is 0 Å². The second kappa shape index (κ2) is 5.81. The van der Waals surface area contributed by atoms with Crippen LogP contribution in [0.2, 0.25) is 0 Å². The zero-order valence-electron chi connectivity index (χ0n) is 11.3. The highest BCUT2D eigenvalue weighted by Crippen LogP contribution is 2.31. The first-order valence-electron chi connectivity index (χ1n) is 6.71. The number of hydrogen-bond donors (Lipinski definition) is 1. The van der Waals surface area contributed by atoms with E-state index < -0.39 is 10.0 Å². The first-order valence-corrected chi connectivity index (χ1v) is 8.63. The number of rotatable bonds is 6. The summed E-state index contributed by atoms with van der Waals surface area (Å²) in [6.07, 6.45) is 2.68. The van der Waals surface area contributed by atoms with Crippen molar-refractivity contribution in [2.24, 2.45) is 0 Å². The first kappa shape index (κ1) is 14.8. The van der Waals surface area contributed by atoms with E-state index in [0.717, 1.165) is 24.8 Å². The van der Waals surface area contributed by atoms with Crippen molar-refractivity contribution >= 4 is 21.6 Å². The molecule has 0 aliphatic heterocycles. The van der Waals surface area contributed by atoms with Gasteiger partial charge in [-0.2, -0.15) is 0 Å². The van der Waals surface area contributed by atoms with Crippen molar-refractivity contribution in [1.29, 1.82) is 0 Å². The molecule has 0 amide bonds. The molecule has 1 aliphatic carbocycles. The molecule has 106 valence electrons. The molecule has 1 saturated carbocycles. The topological polar surface area (TPSA) is 46.2 Å². The fourth-order valence-corrected chi connectivity index (χ4v) is 3.89. The van der Waals surface area contributed by atoms with E-state index in [4.69, 9.17) is 11.6 Å². The van der Waals surface area contributed by atoms with Crippen LogP contribution in [0, 0.1) is 0 Å². The second-order valence-corrected chi connectivity index (χ2v) is 7.39. The molecule has 0 aromatic heterocycles. The molecule has 1 N–H and O–H groups in total. The fraction of sp³-hybridized carbons (Fsp3) is 0.571. The number of alkyl halides is 1. The third-order valence-corrected chi connectivity index (χ3v) is 5.81. The monoisotopic (exact) mass is 301 g/mol. The zero-order valence-corrected chi connectivity index (χ0v) is 12.8. The van der Waals surface area contributed by atoms with Crippen molar-refractivity contribution in [3.05, 3.63) is 29.8 Å². The molecule has 0 bridgehead atoms. The molecular weight excluding hydrogens is 282 g/mol. The van der Waals surface area contributed by atoms with Crippen LogP contribution < -0.4 is 4.72 Å². The van der Waals surface area contributed by atoms with Gasteiger partial charge in [0.05, 0.1) is 4.90 Å². The molecule has 1 aliphatic rings. The third-order valence-electron chi connectivity index (χ3n) is 3.53. The van der Waals surface area contributed by atoms with Crippen LogP contribution in [0.4, 0.5) is 0 Å². The van der Waals surface area contributed by atoms with Gasteiger partial charge in [0.2, 0.25) is 10.0 Å². The highest BCUT2D eigenvalue weighted by molar-refractivity contribution is 7.89. The summed E-state index contributed by atoms with van der Waals surface area (Å²) in [7, 11) is -3.42. The van der Waals surface area contributed by atoms with Gasteiger partial charge >= 0.3 is 0 Å². The lowest BCUT2D eigenvalue weighted by Gasteiger charge is -2.20. The van der Waals surface area contributed by atoms with E-state index in [1.165, 1.54) is 0 Å².